The first-order valence-corrected chi connectivity index (χ1v) is 9.99. The zero-order valence-electron chi connectivity index (χ0n) is 15.5. The van der Waals surface area contributed by atoms with E-state index in [0.717, 1.165) is 39.9 Å². The minimum atomic E-state index is -0.161. The number of amides is 1. The van der Waals surface area contributed by atoms with Crippen molar-refractivity contribution in [2.45, 2.75) is 19.8 Å². The van der Waals surface area contributed by atoms with Crippen LogP contribution in [0.15, 0.2) is 35.7 Å². The molecule has 1 aliphatic heterocycles. The highest BCUT2D eigenvalue weighted by atomic mass is 32.1. The number of aromatic nitrogens is 1. The number of Topliss-reactive ketones (excluding diaryl/α,β-unsaturated/α-hetero) is 1. The van der Waals surface area contributed by atoms with Crippen molar-refractivity contribution < 1.29 is 14.3 Å². The molecular weight excluding hydrogens is 360 g/mol. The van der Waals surface area contributed by atoms with E-state index in [2.05, 4.69) is 4.98 Å². The van der Waals surface area contributed by atoms with Crippen molar-refractivity contribution in [2.24, 2.45) is 5.92 Å². The van der Waals surface area contributed by atoms with Crippen LogP contribution in [-0.4, -0.2) is 41.8 Å². The molecule has 1 aromatic carbocycles. The number of aryl methyl sites for hydroxylation is 1. The summed E-state index contributed by atoms with van der Waals surface area (Å²) in [5, 5.41) is 2.00. The number of carbonyl (C=O) groups is 2. The topological polar surface area (TPSA) is 62.4 Å². The van der Waals surface area contributed by atoms with Crippen molar-refractivity contribution >= 4 is 33.2 Å². The maximum Gasteiger partial charge on any atom is 0.270 e. The van der Waals surface area contributed by atoms with Gasteiger partial charge in [-0.1, -0.05) is 0 Å². The number of ketones is 1. The Morgan fingerprint density at radius 3 is 2.85 bits per heavy atom. The third-order valence-electron chi connectivity index (χ3n) is 5.25. The summed E-state index contributed by atoms with van der Waals surface area (Å²) in [6.07, 6.45) is 1.65. The molecule has 140 valence electrons. The molecule has 1 aliphatic rings. The second-order valence-electron chi connectivity index (χ2n) is 7.02. The van der Waals surface area contributed by atoms with Gasteiger partial charge < -0.3 is 14.6 Å². The molecule has 3 aromatic rings. The van der Waals surface area contributed by atoms with E-state index in [1.54, 1.807) is 23.3 Å². The fourth-order valence-electron chi connectivity index (χ4n) is 3.77. The van der Waals surface area contributed by atoms with Gasteiger partial charge in [0.05, 0.1) is 17.3 Å². The van der Waals surface area contributed by atoms with E-state index in [4.69, 9.17) is 4.74 Å². The molecule has 0 aliphatic carbocycles. The molecular formula is C21H22N2O3S. The molecule has 3 heterocycles. The van der Waals surface area contributed by atoms with E-state index < -0.39 is 0 Å². The standard InChI is InChI=1S/C21H22N2O3S/c1-13-10-15(26-2)5-6-16(13)20(24)14-4-3-8-23(12-14)21(25)18-11-19-17(22-18)7-9-27-19/h5-7,9-11,14,22H,3-4,8,12H2,1-2H3/t14-/m0/s1. The number of hydrogen-bond donors (Lipinski definition) is 1. The number of methoxy groups -OCH3 is 1. The maximum absolute atomic E-state index is 13.0. The number of thiophene rings is 1. The maximum atomic E-state index is 13.0. The molecule has 1 fully saturated rings. The van der Waals surface area contributed by atoms with E-state index >= 15 is 0 Å². The summed E-state index contributed by atoms with van der Waals surface area (Å²) < 4.78 is 6.30. The van der Waals surface area contributed by atoms with Gasteiger partial charge in [0.25, 0.3) is 5.91 Å². The molecule has 1 N–H and O–H groups in total. The average molecular weight is 382 g/mol. The van der Waals surface area contributed by atoms with Gasteiger partial charge >= 0.3 is 0 Å². The van der Waals surface area contributed by atoms with Gasteiger partial charge in [0.15, 0.2) is 5.78 Å². The van der Waals surface area contributed by atoms with Gasteiger partial charge in [-0.3, -0.25) is 9.59 Å². The Balaban J connectivity index is 1.51. The zero-order valence-corrected chi connectivity index (χ0v) is 16.3. The van der Waals surface area contributed by atoms with E-state index in [0.29, 0.717) is 18.8 Å². The molecule has 1 amide bonds. The van der Waals surface area contributed by atoms with Crippen molar-refractivity contribution in [3.05, 3.63) is 52.5 Å². The lowest BCUT2D eigenvalue weighted by Crippen LogP contribution is -2.42. The second kappa shape index (κ2) is 7.19. The summed E-state index contributed by atoms with van der Waals surface area (Å²) in [4.78, 5) is 30.9. The normalized spacial score (nSPS) is 17.3. The highest BCUT2D eigenvalue weighted by Crippen LogP contribution is 2.27. The number of piperidine rings is 1. The summed E-state index contributed by atoms with van der Waals surface area (Å²) in [6.45, 7) is 3.08. The van der Waals surface area contributed by atoms with E-state index in [1.807, 2.05) is 42.6 Å². The highest BCUT2D eigenvalue weighted by molar-refractivity contribution is 7.17. The Morgan fingerprint density at radius 2 is 2.11 bits per heavy atom. The molecule has 2 aromatic heterocycles. The summed E-state index contributed by atoms with van der Waals surface area (Å²) in [5.74, 6) is 0.671. The Bertz CT molecular complexity index is 975. The monoisotopic (exact) mass is 382 g/mol. The van der Waals surface area contributed by atoms with Gasteiger partial charge in [0.1, 0.15) is 11.4 Å². The summed E-state index contributed by atoms with van der Waals surface area (Å²) in [6, 6.07) is 9.41. The van der Waals surface area contributed by atoms with Crippen molar-refractivity contribution in [1.82, 2.24) is 9.88 Å². The number of rotatable bonds is 4. The van der Waals surface area contributed by atoms with Gasteiger partial charge in [-0.25, -0.2) is 0 Å². The Morgan fingerprint density at radius 1 is 1.26 bits per heavy atom. The fraction of sp³-hybridized carbons (Fsp3) is 0.333. The summed E-state index contributed by atoms with van der Waals surface area (Å²) in [5.41, 5.74) is 3.22. The number of H-pyrrole nitrogens is 1. The van der Waals surface area contributed by atoms with Crippen molar-refractivity contribution in [3.8, 4) is 5.75 Å². The van der Waals surface area contributed by atoms with Gasteiger partial charge in [-0.15, -0.1) is 11.3 Å². The third-order valence-corrected chi connectivity index (χ3v) is 6.11. The van der Waals surface area contributed by atoms with E-state index in [9.17, 15) is 9.59 Å². The number of hydrogen-bond acceptors (Lipinski definition) is 4. The number of aromatic amines is 1. The molecule has 27 heavy (non-hydrogen) atoms. The summed E-state index contributed by atoms with van der Waals surface area (Å²) >= 11 is 1.61. The van der Waals surface area contributed by atoms with Crippen LogP contribution in [0.2, 0.25) is 0 Å². The lowest BCUT2D eigenvalue weighted by atomic mass is 9.88. The van der Waals surface area contributed by atoms with Crippen LogP contribution < -0.4 is 4.74 Å². The number of carbonyl (C=O) groups excluding carboxylic acids is 2. The lowest BCUT2D eigenvalue weighted by molar-refractivity contribution is 0.0633. The van der Waals surface area contributed by atoms with E-state index in [1.165, 1.54) is 0 Å². The number of nitrogens with zero attached hydrogens (tertiary/aromatic N) is 1. The number of fused-ring (bicyclic) bond motifs is 1. The molecule has 1 saturated heterocycles. The Labute approximate surface area is 161 Å². The fourth-order valence-corrected chi connectivity index (χ4v) is 4.55. The Kier molecular flexibility index (Phi) is 4.74. The van der Waals surface area contributed by atoms with E-state index in [-0.39, 0.29) is 17.6 Å². The van der Waals surface area contributed by atoms with Crippen LogP contribution in [0.3, 0.4) is 0 Å². The zero-order chi connectivity index (χ0) is 19.0. The minimum Gasteiger partial charge on any atom is -0.497 e. The largest absolute Gasteiger partial charge is 0.497 e. The predicted molar refractivity (Wildman–Crippen MR) is 107 cm³/mol. The first-order valence-electron chi connectivity index (χ1n) is 9.11. The van der Waals surface area contributed by atoms with Crippen LogP contribution in [-0.2, 0) is 0 Å². The highest BCUT2D eigenvalue weighted by Gasteiger charge is 2.30. The number of nitrogens with one attached hydrogen (secondary N) is 1. The van der Waals surface area contributed by atoms with Crippen LogP contribution in [0.25, 0.3) is 10.2 Å². The summed E-state index contributed by atoms with van der Waals surface area (Å²) in [7, 11) is 1.62. The first kappa shape index (κ1) is 17.8. The molecule has 4 rings (SSSR count). The first-order chi connectivity index (χ1) is 13.1. The van der Waals surface area contributed by atoms with Crippen molar-refractivity contribution in [1.29, 1.82) is 0 Å². The Hall–Kier alpha value is -2.60. The molecule has 6 heteroatoms. The smallest absolute Gasteiger partial charge is 0.270 e. The van der Waals surface area contributed by atoms with Crippen LogP contribution in [0.4, 0.5) is 0 Å². The van der Waals surface area contributed by atoms with Crippen LogP contribution in [0, 0.1) is 12.8 Å². The number of ether oxygens (including phenoxy) is 1. The molecule has 0 unspecified atom stereocenters. The average Bonchev–Trinajstić information content (AvgIpc) is 3.29. The van der Waals surface area contributed by atoms with Gasteiger partial charge in [-0.2, -0.15) is 0 Å². The molecule has 0 saturated carbocycles. The van der Waals surface area contributed by atoms with Crippen LogP contribution in [0.1, 0.15) is 39.3 Å². The quantitative estimate of drug-likeness (QED) is 0.685. The number of likely N-dealkylation sites (tertiary alicyclic amines) is 1. The molecule has 5 nitrogen and oxygen atoms in total. The van der Waals surface area contributed by atoms with Crippen molar-refractivity contribution in [2.75, 3.05) is 20.2 Å². The van der Waals surface area contributed by atoms with Crippen molar-refractivity contribution in [3.63, 3.8) is 0 Å². The van der Waals surface area contributed by atoms with Gasteiger partial charge in [0, 0.05) is 24.6 Å². The van der Waals surface area contributed by atoms with Crippen LogP contribution >= 0.6 is 11.3 Å². The third kappa shape index (κ3) is 3.37. The lowest BCUT2D eigenvalue weighted by Gasteiger charge is -2.32. The SMILES string of the molecule is COc1ccc(C(=O)[C@H]2CCCN(C(=O)c3cc4sccc4[nH]3)C2)c(C)c1. The molecule has 1 atom stereocenters. The van der Waals surface area contributed by atoms with Gasteiger partial charge in [-0.05, 0) is 61.0 Å². The van der Waals surface area contributed by atoms with Gasteiger partial charge in [0.2, 0.25) is 0 Å². The second-order valence-corrected chi connectivity index (χ2v) is 7.96. The molecule has 0 radical (unpaired) electrons. The molecule has 0 bridgehead atoms. The predicted octanol–water partition coefficient (Wildman–Crippen LogP) is 4.28. The molecule has 0 spiro atoms. The van der Waals surface area contributed by atoms with Crippen LogP contribution in [0.5, 0.6) is 5.75 Å². The minimum absolute atomic E-state index is 0.0256. The number of benzene rings is 1.